The van der Waals surface area contributed by atoms with Crippen molar-refractivity contribution in [2.24, 2.45) is 0 Å². The van der Waals surface area contributed by atoms with Crippen LogP contribution >= 0.6 is 0 Å². The van der Waals surface area contributed by atoms with Crippen molar-refractivity contribution in [2.75, 3.05) is 23.8 Å². The molecule has 0 aliphatic heterocycles. The molecule has 2 N–H and O–H groups in total. The molecule has 1 heterocycles. The summed E-state index contributed by atoms with van der Waals surface area (Å²) in [4.78, 5) is 4.25. The molecule has 106 valence electrons. The molecule has 1 aromatic carbocycles. The maximum Gasteiger partial charge on any atom is 0.127 e. The molecule has 0 bridgehead atoms. The van der Waals surface area contributed by atoms with Crippen molar-refractivity contribution < 1.29 is 4.74 Å². The van der Waals surface area contributed by atoms with E-state index in [1.54, 1.807) is 6.20 Å². The fraction of sp³-hybridized carbons (Fsp3) is 0.312. The lowest BCUT2D eigenvalue weighted by Crippen LogP contribution is -2.00. The van der Waals surface area contributed by atoms with Crippen LogP contribution in [0.3, 0.4) is 0 Å². The first kappa shape index (κ1) is 14.2. The molecule has 20 heavy (non-hydrogen) atoms. The zero-order chi connectivity index (χ0) is 14.2. The molecule has 0 radical (unpaired) electrons. The molecular weight excluding hydrogens is 250 g/mol. The zero-order valence-corrected chi connectivity index (χ0v) is 12.0. The molecular formula is C16H21N3O. The molecule has 0 saturated carbocycles. The Labute approximate surface area is 120 Å². The highest BCUT2D eigenvalue weighted by molar-refractivity contribution is 5.62. The molecule has 0 saturated heterocycles. The van der Waals surface area contributed by atoms with Gasteiger partial charge in [-0.1, -0.05) is 6.92 Å². The standard InChI is InChI=1S/C16H21N3O/c1-3-11-20-15-7-5-13(6-8-15)19-14-9-10-18-16(12-14)17-4-2/h5-10,12H,3-4,11H2,1-2H3,(H2,17,18,19). The summed E-state index contributed by atoms with van der Waals surface area (Å²) >= 11 is 0. The van der Waals surface area contributed by atoms with Crippen LogP contribution in [0.5, 0.6) is 5.75 Å². The number of benzene rings is 1. The van der Waals surface area contributed by atoms with Gasteiger partial charge in [0.15, 0.2) is 0 Å². The Morgan fingerprint density at radius 1 is 1.05 bits per heavy atom. The van der Waals surface area contributed by atoms with Gasteiger partial charge in [0.1, 0.15) is 11.6 Å². The molecule has 0 aliphatic carbocycles. The molecule has 4 heteroatoms. The van der Waals surface area contributed by atoms with E-state index < -0.39 is 0 Å². The van der Waals surface area contributed by atoms with Crippen molar-refractivity contribution >= 4 is 17.2 Å². The number of aromatic nitrogens is 1. The zero-order valence-electron chi connectivity index (χ0n) is 12.0. The topological polar surface area (TPSA) is 46.2 Å². The maximum atomic E-state index is 5.56. The van der Waals surface area contributed by atoms with Crippen LogP contribution in [0.1, 0.15) is 20.3 Å². The highest BCUT2D eigenvalue weighted by atomic mass is 16.5. The number of anilines is 3. The van der Waals surface area contributed by atoms with E-state index in [1.807, 2.05) is 36.4 Å². The van der Waals surface area contributed by atoms with E-state index in [0.717, 1.165) is 42.5 Å². The van der Waals surface area contributed by atoms with Gasteiger partial charge in [0, 0.05) is 30.2 Å². The summed E-state index contributed by atoms with van der Waals surface area (Å²) in [6.45, 7) is 5.77. The van der Waals surface area contributed by atoms with E-state index in [9.17, 15) is 0 Å². The van der Waals surface area contributed by atoms with Crippen molar-refractivity contribution in [1.29, 1.82) is 0 Å². The van der Waals surface area contributed by atoms with Crippen LogP contribution in [0.2, 0.25) is 0 Å². The van der Waals surface area contributed by atoms with Crippen LogP contribution in [-0.2, 0) is 0 Å². The van der Waals surface area contributed by atoms with Gasteiger partial charge in [-0.15, -0.1) is 0 Å². The van der Waals surface area contributed by atoms with Gasteiger partial charge < -0.3 is 15.4 Å². The van der Waals surface area contributed by atoms with Crippen LogP contribution in [0, 0.1) is 0 Å². The minimum atomic E-state index is 0.753. The first-order chi connectivity index (χ1) is 9.81. The summed E-state index contributed by atoms with van der Waals surface area (Å²) in [5.41, 5.74) is 2.04. The van der Waals surface area contributed by atoms with Crippen molar-refractivity contribution in [2.45, 2.75) is 20.3 Å². The molecule has 1 aromatic heterocycles. The molecule has 0 spiro atoms. The third-order valence-electron chi connectivity index (χ3n) is 2.73. The summed E-state index contributed by atoms with van der Waals surface area (Å²) in [5.74, 6) is 1.78. The highest BCUT2D eigenvalue weighted by Gasteiger charge is 1.98. The predicted octanol–water partition coefficient (Wildman–Crippen LogP) is 4.05. The van der Waals surface area contributed by atoms with Gasteiger partial charge in [-0.2, -0.15) is 0 Å². The lowest BCUT2D eigenvalue weighted by Gasteiger charge is -2.10. The average Bonchev–Trinajstić information content (AvgIpc) is 2.47. The molecule has 0 atom stereocenters. The Morgan fingerprint density at radius 3 is 2.55 bits per heavy atom. The number of rotatable bonds is 7. The highest BCUT2D eigenvalue weighted by Crippen LogP contribution is 2.21. The van der Waals surface area contributed by atoms with Crippen LogP contribution in [-0.4, -0.2) is 18.1 Å². The third kappa shape index (κ3) is 4.16. The van der Waals surface area contributed by atoms with Gasteiger partial charge in [-0.25, -0.2) is 4.98 Å². The van der Waals surface area contributed by atoms with Crippen molar-refractivity contribution in [3.63, 3.8) is 0 Å². The summed E-state index contributed by atoms with van der Waals surface area (Å²) in [5, 5.41) is 6.55. The minimum Gasteiger partial charge on any atom is -0.494 e. The summed E-state index contributed by atoms with van der Waals surface area (Å²) in [6, 6.07) is 11.9. The summed E-state index contributed by atoms with van der Waals surface area (Å²) in [7, 11) is 0. The Kier molecular flexibility index (Phi) is 5.24. The SMILES string of the molecule is CCCOc1ccc(Nc2ccnc(NCC)c2)cc1. The Morgan fingerprint density at radius 2 is 1.85 bits per heavy atom. The Bertz CT molecular complexity index is 526. The molecule has 2 rings (SSSR count). The van der Waals surface area contributed by atoms with E-state index in [0.29, 0.717) is 0 Å². The van der Waals surface area contributed by atoms with Crippen LogP contribution < -0.4 is 15.4 Å². The molecule has 2 aromatic rings. The maximum absolute atomic E-state index is 5.56. The smallest absolute Gasteiger partial charge is 0.127 e. The molecule has 0 unspecified atom stereocenters. The predicted molar refractivity (Wildman–Crippen MR) is 83.9 cm³/mol. The number of pyridine rings is 1. The number of hydrogen-bond acceptors (Lipinski definition) is 4. The number of hydrogen-bond donors (Lipinski definition) is 2. The second-order valence-electron chi connectivity index (χ2n) is 4.46. The Hall–Kier alpha value is -2.23. The van der Waals surface area contributed by atoms with Crippen LogP contribution in [0.4, 0.5) is 17.2 Å². The molecule has 0 fully saturated rings. The van der Waals surface area contributed by atoms with E-state index in [2.05, 4.69) is 29.5 Å². The lowest BCUT2D eigenvalue weighted by atomic mass is 10.3. The minimum absolute atomic E-state index is 0.753. The largest absolute Gasteiger partial charge is 0.494 e. The van der Waals surface area contributed by atoms with Gasteiger partial charge in [-0.05, 0) is 43.7 Å². The molecule has 0 amide bonds. The van der Waals surface area contributed by atoms with E-state index in [-0.39, 0.29) is 0 Å². The second-order valence-corrected chi connectivity index (χ2v) is 4.46. The van der Waals surface area contributed by atoms with Crippen molar-refractivity contribution in [3.8, 4) is 5.75 Å². The monoisotopic (exact) mass is 271 g/mol. The number of nitrogens with zero attached hydrogens (tertiary/aromatic N) is 1. The van der Waals surface area contributed by atoms with Gasteiger partial charge in [0.05, 0.1) is 6.61 Å². The summed E-state index contributed by atoms with van der Waals surface area (Å²) < 4.78 is 5.56. The van der Waals surface area contributed by atoms with Crippen molar-refractivity contribution in [3.05, 3.63) is 42.6 Å². The molecule has 0 aliphatic rings. The fourth-order valence-electron chi connectivity index (χ4n) is 1.81. The first-order valence-corrected chi connectivity index (χ1v) is 7.01. The normalized spacial score (nSPS) is 10.1. The average molecular weight is 271 g/mol. The summed E-state index contributed by atoms with van der Waals surface area (Å²) in [6.07, 6.45) is 2.81. The quantitative estimate of drug-likeness (QED) is 0.797. The number of nitrogens with one attached hydrogen (secondary N) is 2. The molecule has 4 nitrogen and oxygen atoms in total. The van der Waals surface area contributed by atoms with Crippen LogP contribution in [0.15, 0.2) is 42.6 Å². The Balaban J connectivity index is 2.00. The van der Waals surface area contributed by atoms with Gasteiger partial charge in [-0.3, -0.25) is 0 Å². The fourth-order valence-corrected chi connectivity index (χ4v) is 1.81. The third-order valence-corrected chi connectivity index (χ3v) is 2.73. The van der Waals surface area contributed by atoms with Gasteiger partial charge in [0.25, 0.3) is 0 Å². The van der Waals surface area contributed by atoms with E-state index >= 15 is 0 Å². The lowest BCUT2D eigenvalue weighted by molar-refractivity contribution is 0.317. The van der Waals surface area contributed by atoms with Crippen molar-refractivity contribution in [1.82, 2.24) is 4.98 Å². The first-order valence-electron chi connectivity index (χ1n) is 7.01. The second kappa shape index (κ2) is 7.38. The van der Waals surface area contributed by atoms with Crippen LogP contribution in [0.25, 0.3) is 0 Å². The number of ether oxygens (including phenoxy) is 1. The van der Waals surface area contributed by atoms with E-state index in [4.69, 9.17) is 4.74 Å². The van der Waals surface area contributed by atoms with Gasteiger partial charge >= 0.3 is 0 Å². The van der Waals surface area contributed by atoms with E-state index in [1.165, 1.54) is 0 Å². The van der Waals surface area contributed by atoms with Gasteiger partial charge in [0.2, 0.25) is 0 Å².